The van der Waals surface area contributed by atoms with Crippen molar-refractivity contribution >= 4 is 23.2 Å². The second kappa shape index (κ2) is 6.36. The zero-order valence-corrected chi connectivity index (χ0v) is 11.8. The van der Waals surface area contributed by atoms with E-state index in [9.17, 15) is 22.4 Å². The summed E-state index contributed by atoms with van der Waals surface area (Å²) in [5, 5.41) is 2.12. The summed E-state index contributed by atoms with van der Waals surface area (Å²) in [5.74, 6) is -1.10. The minimum Gasteiger partial charge on any atom is -0.325 e. The van der Waals surface area contributed by atoms with Crippen LogP contribution in [-0.4, -0.2) is 5.91 Å². The molecule has 0 bridgehead atoms. The average Bonchev–Trinajstić information content (AvgIpc) is 2.42. The molecular weight excluding hydrogens is 322 g/mol. The lowest BCUT2D eigenvalue weighted by atomic mass is 10.1. The maximum absolute atomic E-state index is 12.9. The summed E-state index contributed by atoms with van der Waals surface area (Å²) in [6, 6.07) is 8.22. The Morgan fingerprint density at radius 3 is 2.32 bits per heavy atom. The van der Waals surface area contributed by atoms with Crippen molar-refractivity contribution in [2.24, 2.45) is 0 Å². The Morgan fingerprint density at radius 2 is 1.73 bits per heavy atom. The SMILES string of the molecule is O=C(Cc1ccc(F)cc1)Nc1ccc(Cl)cc1C(F)(F)F. The molecule has 2 aromatic carbocycles. The molecule has 0 saturated heterocycles. The molecule has 0 saturated carbocycles. The van der Waals surface area contributed by atoms with Gasteiger partial charge >= 0.3 is 6.18 Å². The average molecular weight is 332 g/mol. The molecule has 116 valence electrons. The van der Waals surface area contributed by atoms with Crippen molar-refractivity contribution in [1.29, 1.82) is 0 Å². The molecule has 2 aromatic rings. The Morgan fingerprint density at radius 1 is 1.09 bits per heavy atom. The van der Waals surface area contributed by atoms with Crippen LogP contribution in [0.5, 0.6) is 0 Å². The number of amides is 1. The molecule has 0 heterocycles. The van der Waals surface area contributed by atoms with E-state index in [2.05, 4.69) is 5.32 Å². The molecule has 1 N–H and O–H groups in total. The Hall–Kier alpha value is -2.08. The number of carbonyl (C=O) groups excluding carboxylic acids is 1. The van der Waals surface area contributed by atoms with Crippen LogP contribution < -0.4 is 5.32 Å². The molecule has 22 heavy (non-hydrogen) atoms. The fraction of sp³-hybridized carbons (Fsp3) is 0.133. The van der Waals surface area contributed by atoms with Crippen molar-refractivity contribution in [3.63, 3.8) is 0 Å². The van der Waals surface area contributed by atoms with Gasteiger partial charge < -0.3 is 5.32 Å². The van der Waals surface area contributed by atoms with E-state index in [0.29, 0.717) is 5.56 Å². The number of carbonyl (C=O) groups is 1. The number of halogens is 5. The Balaban J connectivity index is 2.16. The van der Waals surface area contributed by atoms with E-state index in [4.69, 9.17) is 11.6 Å². The predicted octanol–water partition coefficient (Wildman–Crippen LogP) is 4.68. The summed E-state index contributed by atoms with van der Waals surface area (Å²) in [7, 11) is 0. The van der Waals surface area contributed by atoms with Crippen LogP contribution in [0.25, 0.3) is 0 Å². The van der Waals surface area contributed by atoms with Gasteiger partial charge in [0.25, 0.3) is 0 Å². The quantitative estimate of drug-likeness (QED) is 0.813. The van der Waals surface area contributed by atoms with Crippen molar-refractivity contribution in [3.05, 3.63) is 64.4 Å². The topological polar surface area (TPSA) is 29.1 Å². The third kappa shape index (κ3) is 4.21. The minimum atomic E-state index is -4.64. The van der Waals surface area contributed by atoms with E-state index in [1.807, 2.05) is 0 Å². The molecule has 7 heteroatoms. The summed E-state index contributed by atoms with van der Waals surface area (Å²) < 4.78 is 51.5. The van der Waals surface area contributed by atoms with Crippen LogP contribution in [0.3, 0.4) is 0 Å². The first-order valence-corrected chi connectivity index (χ1v) is 6.54. The molecule has 1 amide bonds. The fourth-order valence-corrected chi connectivity index (χ4v) is 2.01. The van der Waals surface area contributed by atoms with E-state index in [-0.39, 0.29) is 17.1 Å². The lowest BCUT2D eigenvalue weighted by Gasteiger charge is -2.14. The highest BCUT2D eigenvalue weighted by Crippen LogP contribution is 2.36. The standard InChI is InChI=1S/C15H10ClF4NO/c16-10-3-6-13(12(8-10)15(18,19)20)21-14(22)7-9-1-4-11(17)5-2-9/h1-6,8H,7H2,(H,21,22). The van der Waals surface area contributed by atoms with Crippen molar-refractivity contribution in [1.82, 2.24) is 0 Å². The van der Waals surface area contributed by atoms with Crippen LogP contribution in [0.2, 0.25) is 5.02 Å². The number of hydrogen-bond acceptors (Lipinski definition) is 1. The van der Waals surface area contributed by atoms with Crippen LogP contribution in [0.15, 0.2) is 42.5 Å². The summed E-state index contributed by atoms with van der Waals surface area (Å²) in [5.41, 5.74) is -0.905. The molecule has 0 aromatic heterocycles. The van der Waals surface area contributed by atoms with E-state index < -0.39 is 23.5 Å². The second-order valence-electron chi connectivity index (χ2n) is 4.54. The minimum absolute atomic E-state index is 0.0798. The third-order valence-electron chi connectivity index (χ3n) is 2.84. The highest BCUT2D eigenvalue weighted by Gasteiger charge is 2.34. The summed E-state index contributed by atoms with van der Waals surface area (Å²) in [6.45, 7) is 0. The largest absolute Gasteiger partial charge is 0.418 e. The molecular formula is C15H10ClF4NO. The third-order valence-corrected chi connectivity index (χ3v) is 3.07. The number of rotatable bonds is 3. The molecule has 0 aliphatic carbocycles. The highest BCUT2D eigenvalue weighted by atomic mass is 35.5. The summed E-state index contributed by atoms with van der Waals surface area (Å²) in [6.07, 6.45) is -4.80. The summed E-state index contributed by atoms with van der Waals surface area (Å²) >= 11 is 5.56. The van der Waals surface area contributed by atoms with Gasteiger partial charge in [-0.15, -0.1) is 0 Å². The predicted molar refractivity (Wildman–Crippen MR) is 75.2 cm³/mol. The number of hydrogen-bond donors (Lipinski definition) is 1. The molecule has 0 spiro atoms. The van der Waals surface area contributed by atoms with Gasteiger partial charge in [0.05, 0.1) is 17.7 Å². The van der Waals surface area contributed by atoms with Crippen LogP contribution in [0.4, 0.5) is 23.2 Å². The van der Waals surface area contributed by atoms with Gasteiger partial charge in [0.15, 0.2) is 0 Å². The van der Waals surface area contributed by atoms with Crippen LogP contribution in [0.1, 0.15) is 11.1 Å². The monoisotopic (exact) mass is 331 g/mol. The molecule has 0 aliphatic rings. The molecule has 2 rings (SSSR count). The van der Waals surface area contributed by atoms with E-state index in [0.717, 1.165) is 12.1 Å². The van der Waals surface area contributed by atoms with Crippen molar-refractivity contribution in [2.75, 3.05) is 5.32 Å². The van der Waals surface area contributed by atoms with E-state index in [1.165, 1.54) is 30.3 Å². The fourth-order valence-electron chi connectivity index (χ4n) is 1.84. The maximum atomic E-state index is 12.9. The molecule has 0 atom stereocenters. The lowest BCUT2D eigenvalue weighted by molar-refractivity contribution is -0.137. The molecule has 0 radical (unpaired) electrons. The van der Waals surface area contributed by atoms with Gasteiger partial charge in [-0.25, -0.2) is 4.39 Å². The van der Waals surface area contributed by atoms with Gasteiger partial charge in [0.2, 0.25) is 5.91 Å². The van der Waals surface area contributed by atoms with E-state index in [1.54, 1.807) is 0 Å². The Bertz CT molecular complexity index is 683. The van der Waals surface area contributed by atoms with Gasteiger partial charge in [-0.05, 0) is 35.9 Å². The Kier molecular flexibility index (Phi) is 4.71. The molecule has 2 nitrogen and oxygen atoms in total. The number of benzene rings is 2. The van der Waals surface area contributed by atoms with Gasteiger partial charge in [-0.3, -0.25) is 4.79 Å². The van der Waals surface area contributed by atoms with Crippen LogP contribution >= 0.6 is 11.6 Å². The first-order valence-electron chi connectivity index (χ1n) is 6.17. The maximum Gasteiger partial charge on any atom is 0.418 e. The first-order chi connectivity index (χ1) is 10.3. The Labute approximate surface area is 128 Å². The van der Waals surface area contributed by atoms with Crippen molar-refractivity contribution in [3.8, 4) is 0 Å². The zero-order valence-electron chi connectivity index (χ0n) is 11.0. The first kappa shape index (κ1) is 16.3. The molecule has 0 aliphatic heterocycles. The van der Waals surface area contributed by atoms with Gasteiger partial charge in [-0.1, -0.05) is 23.7 Å². The lowest BCUT2D eigenvalue weighted by Crippen LogP contribution is -2.18. The smallest absolute Gasteiger partial charge is 0.325 e. The highest BCUT2D eigenvalue weighted by molar-refractivity contribution is 6.30. The second-order valence-corrected chi connectivity index (χ2v) is 4.98. The number of alkyl halides is 3. The van der Waals surface area contributed by atoms with Gasteiger partial charge in [0.1, 0.15) is 5.82 Å². The van der Waals surface area contributed by atoms with Gasteiger partial charge in [0, 0.05) is 5.02 Å². The zero-order chi connectivity index (χ0) is 16.3. The molecule has 0 fully saturated rings. The van der Waals surface area contributed by atoms with Crippen molar-refractivity contribution in [2.45, 2.75) is 12.6 Å². The van der Waals surface area contributed by atoms with Crippen molar-refractivity contribution < 1.29 is 22.4 Å². The van der Waals surface area contributed by atoms with Crippen LogP contribution in [-0.2, 0) is 17.4 Å². The van der Waals surface area contributed by atoms with E-state index >= 15 is 0 Å². The molecule has 0 unspecified atom stereocenters. The summed E-state index contributed by atoms with van der Waals surface area (Å²) in [4.78, 5) is 11.8. The van der Waals surface area contributed by atoms with Crippen LogP contribution in [0, 0.1) is 5.82 Å². The van der Waals surface area contributed by atoms with Gasteiger partial charge in [-0.2, -0.15) is 13.2 Å². The number of nitrogens with one attached hydrogen (secondary N) is 1. The number of anilines is 1. The normalized spacial score (nSPS) is 11.3.